The summed E-state index contributed by atoms with van der Waals surface area (Å²) in [5, 5.41) is 6.07. The number of amides is 1. The van der Waals surface area contributed by atoms with Gasteiger partial charge >= 0.3 is 0 Å². The van der Waals surface area contributed by atoms with Gasteiger partial charge in [0.1, 0.15) is 0 Å². The molecular formula is C25H27N5O4. The van der Waals surface area contributed by atoms with Gasteiger partial charge in [0.25, 0.3) is 0 Å². The Morgan fingerprint density at radius 1 is 1.12 bits per heavy atom. The molecule has 0 radical (unpaired) electrons. The average Bonchev–Trinajstić information content (AvgIpc) is 2.98. The van der Waals surface area contributed by atoms with Crippen LogP contribution in [0, 0.1) is 0 Å². The second kappa shape index (κ2) is 10.3. The molecule has 2 aromatic carbocycles. The quantitative estimate of drug-likeness (QED) is 0.325. The van der Waals surface area contributed by atoms with E-state index in [0.29, 0.717) is 52.9 Å². The first-order valence-electron chi connectivity index (χ1n) is 11.0. The third-order valence-electron chi connectivity index (χ3n) is 5.58. The van der Waals surface area contributed by atoms with Gasteiger partial charge in [-0.2, -0.15) is 0 Å². The first-order valence-corrected chi connectivity index (χ1v) is 11.0. The van der Waals surface area contributed by atoms with Crippen LogP contribution in [0.3, 0.4) is 0 Å². The van der Waals surface area contributed by atoms with Crippen molar-refractivity contribution in [3.8, 4) is 22.8 Å². The van der Waals surface area contributed by atoms with E-state index < -0.39 is 0 Å². The summed E-state index contributed by atoms with van der Waals surface area (Å²) in [6.45, 7) is 0.559. The van der Waals surface area contributed by atoms with Crippen LogP contribution in [-0.4, -0.2) is 42.4 Å². The third kappa shape index (κ3) is 4.99. The van der Waals surface area contributed by atoms with Crippen molar-refractivity contribution in [2.75, 3.05) is 31.4 Å². The monoisotopic (exact) mass is 461 g/mol. The number of fused-ring (bicyclic) bond motifs is 3. The first kappa shape index (κ1) is 23.2. The predicted octanol–water partition coefficient (Wildman–Crippen LogP) is 3.71. The fraction of sp³-hybridized carbons (Fsp3) is 0.280. The molecule has 0 fully saturated rings. The highest BCUT2D eigenvalue weighted by molar-refractivity contribution is 6.03. The highest BCUT2D eigenvalue weighted by atomic mass is 16.5. The zero-order valence-electron chi connectivity index (χ0n) is 19.2. The maximum Gasteiger partial charge on any atom is 0.228 e. The number of aromatic nitrogens is 2. The van der Waals surface area contributed by atoms with Gasteiger partial charge in [0.05, 0.1) is 32.0 Å². The molecule has 9 heteroatoms. The minimum atomic E-state index is -0.183. The van der Waals surface area contributed by atoms with E-state index in [-0.39, 0.29) is 18.1 Å². The van der Waals surface area contributed by atoms with Crippen LogP contribution in [0.4, 0.5) is 17.3 Å². The summed E-state index contributed by atoms with van der Waals surface area (Å²) >= 11 is 0. The Kier molecular flexibility index (Phi) is 7.03. The largest absolute Gasteiger partial charge is 0.493 e. The van der Waals surface area contributed by atoms with Gasteiger partial charge in [0.2, 0.25) is 11.9 Å². The van der Waals surface area contributed by atoms with E-state index in [1.54, 1.807) is 44.7 Å². The van der Waals surface area contributed by atoms with Gasteiger partial charge < -0.3 is 25.8 Å². The van der Waals surface area contributed by atoms with Crippen molar-refractivity contribution in [1.82, 2.24) is 9.97 Å². The van der Waals surface area contributed by atoms with Gasteiger partial charge in [-0.05, 0) is 43.7 Å². The molecule has 0 atom stereocenters. The van der Waals surface area contributed by atoms with Gasteiger partial charge in [-0.3, -0.25) is 9.59 Å². The summed E-state index contributed by atoms with van der Waals surface area (Å²) in [5.74, 6) is 1.40. The molecule has 0 aliphatic carbocycles. The Morgan fingerprint density at radius 3 is 2.71 bits per heavy atom. The lowest BCUT2D eigenvalue weighted by atomic mass is 9.99. The van der Waals surface area contributed by atoms with Crippen LogP contribution in [0.25, 0.3) is 11.3 Å². The number of ketones is 1. The summed E-state index contributed by atoms with van der Waals surface area (Å²) in [4.78, 5) is 34.1. The lowest BCUT2D eigenvalue weighted by Crippen LogP contribution is -2.13. The molecule has 0 bridgehead atoms. The number of rotatable bonds is 9. The van der Waals surface area contributed by atoms with Crippen LogP contribution in [0.2, 0.25) is 0 Å². The second-order valence-electron chi connectivity index (χ2n) is 7.92. The van der Waals surface area contributed by atoms with Crippen LogP contribution < -0.4 is 25.8 Å². The molecule has 1 aliphatic heterocycles. The number of nitrogens with two attached hydrogens (primary N) is 1. The zero-order valence-corrected chi connectivity index (χ0v) is 19.2. The number of carbonyl (C=O) groups excluding carboxylic acids is 2. The Bertz CT molecular complexity index is 1230. The minimum Gasteiger partial charge on any atom is -0.493 e. The first-order chi connectivity index (χ1) is 16.5. The number of nitrogens with zero attached hydrogens (tertiary/aromatic N) is 2. The molecule has 3 aromatic rings. The number of methoxy groups -OCH3 is 2. The lowest BCUT2D eigenvalue weighted by Gasteiger charge is -2.13. The van der Waals surface area contributed by atoms with Gasteiger partial charge in [-0.15, -0.1) is 0 Å². The number of carbonyl (C=O) groups is 2. The highest BCUT2D eigenvalue weighted by Gasteiger charge is 2.22. The van der Waals surface area contributed by atoms with Gasteiger partial charge in [0.15, 0.2) is 17.3 Å². The van der Waals surface area contributed by atoms with E-state index in [1.165, 1.54) is 0 Å². The van der Waals surface area contributed by atoms with Crippen molar-refractivity contribution < 1.29 is 19.1 Å². The molecule has 4 N–H and O–H groups in total. The second-order valence-corrected chi connectivity index (χ2v) is 7.92. The van der Waals surface area contributed by atoms with Gasteiger partial charge in [-0.1, -0.05) is 6.07 Å². The van der Waals surface area contributed by atoms with Crippen LogP contribution in [0.5, 0.6) is 11.5 Å². The number of nitrogens with one attached hydrogen (secondary N) is 2. The van der Waals surface area contributed by atoms with Crippen molar-refractivity contribution in [1.29, 1.82) is 0 Å². The SMILES string of the molecule is COc1ccc(Nc2ncc3c(n2)-c2ccc(C(=O)CCCCN)cc2NC(=O)C3)cc1OC. The molecule has 0 spiro atoms. The molecule has 1 aromatic heterocycles. The van der Waals surface area contributed by atoms with Crippen molar-refractivity contribution in [3.63, 3.8) is 0 Å². The lowest BCUT2D eigenvalue weighted by molar-refractivity contribution is -0.115. The average molecular weight is 462 g/mol. The molecule has 1 amide bonds. The summed E-state index contributed by atoms with van der Waals surface area (Å²) in [7, 11) is 3.14. The Hall–Kier alpha value is -3.98. The Labute approximate surface area is 197 Å². The maximum atomic E-state index is 12.6. The fourth-order valence-corrected chi connectivity index (χ4v) is 3.84. The molecule has 0 unspecified atom stereocenters. The molecular weight excluding hydrogens is 434 g/mol. The van der Waals surface area contributed by atoms with E-state index in [9.17, 15) is 9.59 Å². The van der Waals surface area contributed by atoms with E-state index in [1.807, 2.05) is 12.1 Å². The van der Waals surface area contributed by atoms with Crippen LogP contribution in [0.15, 0.2) is 42.6 Å². The topological polar surface area (TPSA) is 128 Å². The number of hydrogen-bond acceptors (Lipinski definition) is 8. The molecule has 34 heavy (non-hydrogen) atoms. The highest BCUT2D eigenvalue weighted by Crippen LogP contribution is 2.35. The molecule has 0 saturated heterocycles. The number of unbranched alkanes of at least 4 members (excludes halogenated alkanes) is 1. The number of anilines is 3. The van der Waals surface area contributed by atoms with Crippen LogP contribution >= 0.6 is 0 Å². The molecule has 2 heterocycles. The van der Waals surface area contributed by atoms with Crippen molar-refractivity contribution in [2.45, 2.75) is 25.7 Å². The normalized spacial score (nSPS) is 12.1. The maximum absolute atomic E-state index is 12.6. The Morgan fingerprint density at radius 2 is 1.94 bits per heavy atom. The minimum absolute atomic E-state index is 0.0217. The summed E-state index contributed by atoms with van der Waals surface area (Å²) in [5.41, 5.74) is 9.43. The molecule has 176 valence electrons. The zero-order chi connectivity index (χ0) is 24.1. The van der Waals surface area contributed by atoms with Crippen molar-refractivity contribution in [2.24, 2.45) is 5.73 Å². The van der Waals surface area contributed by atoms with Crippen molar-refractivity contribution in [3.05, 3.63) is 53.7 Å². The van der Waals surface area contributed by atoms with E-state index >= 15 is 0 Å². The smallest absolute Gasteiger partial charge is 0.228 e. The van der Waals surface area contributed by atoms with E-state index in [0.717, 1.165) is 24.1 Å². The van der Waals surface area contributed by atoms with Crippen molar-refractivity contribution >= 4 is 29.0 Å². The van der Waals surface area contributed by atoms with E-state index in [2.05, 4.69) is 15.6 Å². The third-order valence-corrected chi connectivity index (χ3v) is 5.58. The predicted molar refractivity (Wildman–Crippen MR) is 130 cm³/mol. The molecule has 4 rings (SSSR count). The summed E-state index contributed by atoms with van der Waals surface area (Å²) in [6.07, 6.45) is 3.74. The number of Topliss-reactive ketones (excluding diaryl/α,β-unsaturated/α-hetero) is 1. The molecule has 0 saturated carbocycles. The summed E-state index contributed by atoms with van der Waals surface area (Å²) in [6, 6.07) is 10.7. The number of benzene rings is 2. The van der Waals surface area contributed by atoms with E-state index in [4.69, 9.17) is 20.2 Å². The fourth-order valence-electron chi connectivity index (χ4n) is 3.84. The Balaban J connectivity index is 1.65. The van der Waals surface area contributed by atoms with Crippen LogP contribution in [0.1, 0.15) is 35.2 Å². The number of ether oxygens (including phenoxy) is 2. The molecule has 1 aliphatic rings. The van der Waals surface area contributed by atoms with Gasteiger partial charge in [-0.25, -0.2) is 9.97 Å². The molecule has 9 nitrogen and oxygen atoms in total. The van der Waals surface area contributed by atoms with Crippen LogP contribution in [-0.2, 0) is 11.2 Å². The summed E-state index contributed by atoms with van der Waals surface area (Å²) < 4.78 is 10.6. The number of hydrogen-bond donors (Lipinski definition) is 3. The standard InChI is InChI=1S/C25H27N5O4/c1-33-21-9-7-17(13-22(21)34-2)28-25-27-14-16-12-23(32)29-19-11-15(20(31)5-3-4-10-26)6-8-18(19)24(16)30-25/h6-9,11,13-14H,3-5,10,12,26H2,1-2H3,(H,29,32)(H,27,28,30). The van der Waals surface area contributed by atoms with Gasteiger partial charge in [0, 0.05) is 41.1 Å².